The highest BCUT2D eigenvalue weighted by atomic mass is 32.2. The van der Waals surface area contributed by atoms with Crippen LogP contribution in [0.3, 0.4) is 0 Å². The van der Waals surface area contributed by atoms with Gasteiger partial charge in [-0.25, -0.2) is 0 Å². The van der Waals surface area contributed by atoms with Gasteiger partial charge in [-0.15, -0.1) is 0 Å². The number of hydrogen-bond donors (Lipinski definition) is 1. The molecule has 0 amide bonds. The third-order valence-electron chi connectivity index (χ3n) is 3.85. The Kier molecular flexibility index (Phi) is 5.77. The zero-order valence-corrected chi connectivity index (χ0v) is 13.4. The molecule has 1 nitrogen and oxygen atoms in total. The van der Waals surface area contributed by atoms with Crippen LogP contribution in [0.25, 0.3) is 0 Å². The van der Waals surface area contributed by atoms with E-state index in [-0.39, 0.29) is 0 Å². The molecule has 19 heavy (non-hydrogen) atoms. The van der Waals surface area contributed by atoms with Crippen molar-refractivity contribution in [3.63, 3.8) is 0 Å². The van der Waals surface area contributed by atoms with E-state index in [0.717, 1.165) is 17.0 Å². The summed E-state index contributed by atoms with van der Waals surface area (Å²) >= 11 is 2.15. The van der Waals surface area contributed by atoms with Crippen LogP contribution in [0.5, 0.6) is 0 Å². The molecule has 2 rings (SSSR count). The molecule has 1 fully saturated rings. The summed E-state index contributed by atoms with van der Waals surface area (Å²) in [6.07, 6.45) is 5.39. The van der Waals surface area contributed by atoms with E-state index in [1.165, 1.54) is 48.9 Å². The monoisotopic (exact) mass is 277 g/mol. The van der Waals surface area contributed by atoms with Crippen molar-refractivity contribution >= 4 is 11.8 Å². The highest BCUT2D eigenvalue weighted by molar-refractivity contribution is 7.99. The summed E-state index contributed by atoms with van der Waals surface area (Å²) in [5, 5.41) is 4.53. The average molecular weight is 277 g/mol. The maximum absolute atomic E-state index is 3.72. The van der Waals surface area contributed by atoms with E-state index in [1.54, 1.807) is 0 Å². The van der Waals surface area contributed by atoms with Gasteiger partial charge in [0, 0.05) is 17.0 Å². The molecule has 1 aromatic carbocycles. The molecule has 1 aliphatic carbocycles. The molecule has 0 saturated heterocycles. The number of hydrogen-bond acceptors (Lipinski definition) is 2. The lowest BCUT2D eigenvalue weighted by atomic mass is 10.1. The number of nitrogens with one attached hydrogen (secondary N) is 1. The van der Waals surface area contributed by atoms with Gasteiger partial charge in [0.25, 0.3) is 0 Å². The standard InChI is InChI=1S/C17H27NS/c1-4-8-18-16-6-5-7-17(16)19-12-15-10-13(2)9-14(3)11-15/h9-11,16-18H,4-8,12H2,1-3H3. The first-order valence-corrected chi connectivity index (χ1v) is 8.66. The van der Waals surface area contributed by atoms with Gasteiger partial charge in [-0.3, -0.25) is 0 Å². The molecular formula is C17H27NS. The molecule has 2 atom stereocenters. The molecule has 0 radical (unpaired) electrons. The minimum Gasteiger partial charge on any atom is -0.313 e. The van der Waals surface area contributed by atoms with Gasteiger partial charge in [0.15, 0.2) is 0 Å². The smallest absolute Gasteiger partial charge is 0.0204 e. The predicted molar refractivity (Wildman–Crippen MR) is 86.9 cm³/mol. The second kappa shape index (κ2) is 7.35. The van der Waals surface area contributed by atoms with Gasteiger partial charge in [-0.05, 0) is 45.2 Å². The molecule has 106 valence electrons. The Hall–Kier alpha value is -0.470. The molecule has 0 aromatic heterocycles. The van der Waals surface area contributed by atoms with E-state index in [1.807, 2.05) is 0 Å². The Morgan fingerprint density at radius 3 is 2.58 bits per heavy atom. The van der Waals surface area contributed by atoms with E-state index in [0.29, 0.717) is 0 Å². The third-order valence-corrected chi connectivity index (χ3v) is 5.35. The van der Waals surface area contributed by atoms with Crippen molar-refractivity contribution in [2.75, 3.05) is 6.54 Å². The summed E-state index contributed by atoms with van der Waals surface area (Å²) in [4.78, 5) is 0. The van der Waals surface area contributed by atoms with Crippen molar-refractivity contribution in [2.45, 2.75) is 63.5 Å². The molecule has 0 heterocycles. The van der Waals surface area contributed by atoms with E-state index in [2.05, 4.69) is 56.0 Å². The lowest BCUT2D eigenvalue weighted by molar-refractivity contribution is 0.531. The molecule has 0 aliphatic heterocycles. The first-order valence-electron chi connectivity index (χ1n) is 7.61. The number of rotatable bonds is 6. The van der Waals surface area contributed by atoms with Crippen LogP contribution >= 0.6 is 11.8 Å². The van der Waals surface area contributed by atoms with Crippen molar-refractivity contribution in [3.8, 4) is 0 Å². The van der Waals surface area contributed by atoms with Crippen molar-refractivity contribution in [2.24, 2.45) is 0 Å². The van der Waals surface area contributed by atoms with Crippen molar-refractivity contribution in [3.05, 3.63) is 34.9 Å². The number of benzene rings is 1. The quantitative estimate of drug-likeness (QED) is 0.824. The van der Waals surface area contributed by atoms with Gasteiger partial charge in [-0.1, -0.05) is 42.7 Å². The van der Waals surface area contributed by atoms with Gasteiger partial charge in [0.05, 0.1) is 0 Å². The van der Waals surface area contributed by atoms with Crippen LogP contribution in [0.4, 0.5) is 0 Å². The SMILES string of the molecule is CCCNC1CCCC1SCc1cc(C)cc(C)c1. The minimum absolute atomic E-state index is 0.746. The molecule has 0 bridgehead atoms. The summed E-state index contributed by atoms with van der Waals surface area (Å²) < 4.78 is 0. The largest absolute Gasteiger partial charge is 0.313 e. The first-order chi connectivity index (χ1) is 9.19. The minimum atomic E-state index is 0.746. The fourth-order valence-corrected chi connectivity index (χ4v) is 4.42. The lowest BCUT2D eigenvalue weighted by Crippen LogP contribution is -2.34. The Morgan fingerprint density at radius 2 is 1.89 bits per heavy atom. The molecule has 2 heteroatoms. The van der Waals surface area contributed by atoms with Crippen LogP contribution in [0, 0.1) is 13.8 Å². The van der Waals surface area contributed by atoms with Crippen LogP contribution in [0.2, 0.25) is 0 Å². The molecule has 1 aromatic rings. The Bertz CT molecular complexity index is 382. The van der Waals surface area contributed by atoms with Crippen LogP contribution in [0.1, 0.15) is 49.3 Å². The van der Waals surface area contributed by atoms with Gasteiger partial charge in [0.1, 0.15) is 0 Å². The molecule has 0 spiro atoms. The van der Waals surface area contributed by atoms with E-state index < -0.39 is 0 Å². The maximum Gasteiger partial charge on any atom is 0.0204 e. The Morgan fingerprint density at radius 1 is 1.16 bits per heavy atom. The second-order valence-corrected chi connectivity index (χ2v) is 7.06. The van der Waals surface area contributed by atoms with Crippen molar-refractivity contribution in [1.29, 1.82) is 0 Å². The molecule has 1 aliphatic rings. The third kappa shape index (κ3) is 4.54. The first kappa shape index (κ1) is 14.9. The topological polar surface area (TPSA) is 12.0 Å². The normalized spacial score (nSPS) is 22.9. The summed E-state index contributed by atoms with van der Waals surface area (Å²) in [6, 6.07) is 7.68. The molecule has 1 saturated carbocycles. The zero-order chi connectivity index (χ0) is 13.7. The van der Waals surface area contributed by atoms with Crippen molar-refractivity contribution in [1.82, 2.24) is 5.32 Å². The van der Waals surface area contributed by atoms with E-state index in [9.17, 15) is 0 Å². The van der Waals surface area contributed by atoms with Crippen LogP contribution in [-0.2, 0) is 5.75 Å². The van der Waals surface area contributed by atoms with Gasteiger partial charge in [0.2, 0.25) is 0 Å². The zero-order valence-electron chi connectivity index (χ0n) is 12.5. The van der Waals surface area contributed by atoms with Crippen LogP contribution < -0.4 is 5.32 Å². The highest BCUT2D eigenvalue weighted by Crippen LogP contribution is 2.32. The maximum atomic E-state index is 3.72. The predicted octanol–water partition coefficient (Wildman–Crippen LogP) is 4.46. The van der Waals surface area contributed by atoms with Crippen molar-refractivity contribution < 1.29 is 0 Å². The van der Waals surface area contributed by atoms with E-state index >= 15 is 0 Å². The number of thioether (sulfide) groups is 1. The fourth-order valence-electron chi connectivity index (χ4n) is 3.04. The van der Waals surface area contributed by atoms with Crippen LogP contribution in [-0.4, -0.2) is 17.8 Å². The molecule has 1 N–H and O–H groups in total. The second-order valence-electron chi connectivity index (χ2n) is 5.84. The van der Waals surface area contributed by atoms with E-state index in [4.69, 9.17) is 0 Å². The summed E-state index contributed by atoms with van der Waals surface area (Å²) in [5.74, 6) is 1.16. The Balaban J connectivity index is 1.86. The van der Waals surface area contributed by atoms with Gasteiger partial charge < -0.3 is 5.32 Å². The summed E-state index contributed by atoms with van der Waals surface area (Å²) in [7, 11) is 0. The summed E-state index contributed by atoms with van der Waals surface area (Å²) in [5.41, 5.74) is 4.27. The highest BCUT2D eigenvalue weighted by Gasteiger charge is 2.26. The van der Waals surface area contributed by atoms with Gasteiger partial charge >= 0.3 is 0 Å². The lowest BCUT2D eigenvalue weighted by Gasteiger charge is -2.20. The molecule has 2 unspecified atom stereocenters. The van der Waals surface area contributed by atoms with Crippen LogP contribution in [0.15, 0.2) is 18.2 Å². The fraction of sp³-hybridized carbons (Fsp3) is 0.647. The van der Waals surface area contributed by atoms with Gasteiger partial charge in [-0.2, -0.15) is 11.8 Å². The average Bonchev–Trinajstić information content (AvgIpc) is 2.80. The number of aryl methyl sites for hydroxylation is 2. The molecular weight excluding hydrogens is 250 g/mol. The Labute approximate surface area is 122 Å². The summed E-state index contributed by atoms with van der Waals surface area (Å²) in [6.45, 7) is 7.82.